The van der Waals surface area contributed by atoms with Crippen LogP contribution in [0.15, 0.2) is 0 Å². The first-order valence-electron chi connectivity index (χ1n) is 6.89. The molecule has 90 valence electrons. The van der Waals surface area contributed by atoms with Gasteiger partial charge in [-0.3, -0.25) is 0 Å². The van der Waals surface area contributed by atoms with Crippen LogP contribution in [-0.2, 0) is 0 Å². The lowest BCUT2D eigenvalue weighted by atomic mass is 9.79. The zero-order chi connectivity index (χ0) is 11.3. The van der Waals surface area contributed by atoms with Crippen molar-refractivity contribution in [2.75, 3.05) is 0 Å². The third-order valence-corrected chi connectivity index (χ3v) is 3.92. The van der Waals surface area contributed by atoms with Gasteiger partial charge in [0.1, 0.15) is 0 Å². The summed E-state index contributed by atoms with van der Waals surface area (Å²) in [6, 6.07) is 1.50. The van der Waals surface area contributed by atoms with Gasteiger partial charge in [-0.25, -0.2) is 0 Å². The summed E-state index contributed by atoms with van der Waals surface area (Å²) in [6.07, 6.45) is 8.25. The van der Waals surface area contributed by atoms with E-state index in [4.69, 9.17) is 0 Å². The standard InChI is InChI=1S/C14H29N/c1-5-6-7-13(4)15-14-9-8-11(2)10-12(14)3/h11-15H,5-10H2,1-4H3. The summed E-state index contributed by atoms with van der Waals surface area (Å²) in [5.74, 6) is 1.82. The van der Waals surface area contributed by atoms with E-state index >= 15 is 0 Å². The molecule has 0 spiro atoms. The van der Waals surface area contributed by atoms with Crippen molar-refractivity contribution in [1.29, 1.82) is 0 Å². The fourth-order valence-corrected chi connectivity index (χ4v) is 2.87. The van der Waals surface area contributed by atoms with Crippen LogP contribution in [0.5, 0.6) is 0 Å². The minimum atomic E-state index is 0.714. The van der Waals surface area contributed by atoms with Gasteiger partial charge in [0.15, 0.2) is 0 Å². The molecule has 0 heterocycles. The summed E-state index contributed by atoms with van der Waals surface area (Å²) in [4.78, 5) is 0. The van der Waals surface area contributed by atoms with Crippen LogP contribution in [0, 0.1) is 11.8 Å². The molecule has 1 aliphatic carbocycles. The minimum absolute atomic E-state index is 0.714. The first-order valence-corrected chi connectivity index (χ1v) is 6.89. The van der Waals surface area contributed by atoms with Gasteiger partial charge in [-0.2, -0.15) is 0 Å². The lowest BCUT2D eigenvalue weighted by Gasteiger charge is -2.35. The molecule has 0 aromatic heterocycles. The Bertz CT molecular complexity index is 167. The number of rotatable bonds is 5. The fourth-order valence-electron chi connectivity index (χ4n) is 2.87. The monoisotopic (exact) mass is 211 g/mol. The van der Waals surface area contributed by atoms with Crippen LogP contribution in [0.1, 0.15) is 66.2 Å². The molecule has 1 N–H and O–H groups in total. The maximum atomic E-state index is 3.82. The largest absolute Gasteiger partial charge is 0.311 e. The van der Waals surface area contributed by atoms with Crippen LogP contribution >= 0.6 is 0 Å². The van der Waals surface area contributed by atoms with E-state index in [1.807, 2.05) is 0 Å². The van der Waals surface area contributed by atoms with E-state index in [1.165, 1.54) is 38.5 Å². The number of hydrogen-bond acceptors (Lipinski definition) is 1. The predicted octanol–water partition coefficient (Wildman–Crippen LogP) is 3.98. The van der Waals surface area contributed by atoms with E-state index in [0.717, 1.165) is 17.9 Å². The number of nitrogens with one attached hydrogen (secondary N) is 1. The molecule has 0 aliphatic heterocycles. The summed E-state index contributed by atoms with van der Waals surface area (Å²) in [6.45, 7) is 9.44. The molecule has 4 unspecified atom stereocenters. The van der Waals surface area contributed by atoms with Crippen molar-refractivity contribution in [2.24, 2.45) is 11.8 Å². The van der Waals surface area contributed by atoms with Gasteiger partial charge in [0.2, 0.25) is 0 Å². The van der Waals surface area contributed by atoms with E-state index in [2.05, 4.69) is 33.0 Å². The molecule has 0 bridgehead atoms. The van der Waals surface area contributed by atoms with Gasteiger partial charge in [-0.05, 0) is 44.4 Å². The Balaban J connectivity index is 2.25. The van der Waals surface area contributed by atoms with E-state index in [9.17, 15) is 0 Å². The normalized spacial score (nSPS) is 34.0. The molecule has 0 aromatic carbocycles. The maximum Gasteiger partial charge on any atom is 0.00953 e. The lowest BCUT2D eigenvalue weighted by molar-refractivity contribution is 0.213. The molecule has 1 rings (SSSR count). The van der Waals surface area contributed by atoms with Crippen LogP contribution in [0.4, 0.5) is 0 Å². The maximum absolute atomic E-state index is 3.82. The second-order valence-electron chi connectivity index (χ2n) is 5.71. The van der Waals surface area contributed by atoms with Gasteiger partial charge in [-0.15, -0.1) is 0 Å². The Morgan fingerprint density at radius 3 is 2.60 bits per heavy atom. The lowest BCUT2D eigenvalue weighted by Crippen LogP contribution is -2.43. The van der Waals surface area contributed by atoms with E-state index < -0.39 is 0 Å². The quantitative estimate of drug-likeness (QED) is 0.725. The van der Waals surface area contributed by atoms with Crippen molar-refractivity contribution in [3.05, 3.63) is 0 Å². The van der Waals surface area contributed by atoms with Gasteiger partial charge in [0.05, 0.1) is 0 Å². The Kier molecular flexibility index (Phi) is 5.66. The van der Waals surface area contributed by atoms with E-state index in [-0.39, 0.29) is 0 Å². The van der Waals surface area contributed by atoms with Crippen LogP contribution in [0.3, 0.4) is 0 Å². The summed E-state index contributed by atoms with van der Waals surface area (Å²) in [7, 11) is 0. The minimum Gasteiger partial charge on any atom is -0.311 e. The summed E-state index contributed by atoms with van der Waals surface area (Å²) < 4.78 is 0. The highest BCUT2D eigenvalue weighted by atomic mass is 14.9. The molecule has 1 aliphatic rings. The predicted molar refractivity (Wildman–Crippen MR) is 68.1 cm³/mol. The molecular weight excluding hydrogens is 182 g/mol. The third kappa shape index (κ3) is 4.55. The molecule has 0 radical (unpaired) electrons. The van der Waals surface area contributed by atoms with E-state index in [1.54, 1.807) is 0 Å². The molecular formula is C14H29N. The average molecular weight is 211 g/mol. The van der Waals surface area contributed by atoms with Crippen molar-refractivity contribution in [2.45, 2.75) is 78.3 Å². The van der Waals surface area contributed by atoms with Gasteiger partial charge >= 0.3 is 0 Å². The molecule has 0 amide bonds. The smallest absolute Gasteiger partial charge is 0.00953 e. The van der Waals surface area contributed by atoms with Gasteiger partial charge < -0.3 is 5.32 Å². The van der Waals surface area contributed by atoms with Gasteiger partial charge in [0, 0.05) is 12.1 Å². The molecule has 1 heteroatoms. The SMILES string of the molecule is CCCCC(C)NC1CCC(C)CC1C. The van der Waals surface area contributed by atoms with Crippen LogP contribution in [-0.4, -0.2) is 12.1 Å². The van der Waals surface area contributed by atoms with Crippen molar-refractivity contribution in [1.82, 2.24) is 5.32 Å². The van der Waals surface area contributed by atoms with Crippen LogP contribution in [0.2, 0.25) is 0 Å². The van der Waals surface area contributed by atoms with E-state index in [0.29, 0.717) is 6.04 Å². The third-order valence-electron chi connectivity index (χ3n) is 3.92. The first-order chi connectivity index (χ1) is 7.13. The molecule has 1 fully saturated rings. The summed E-state index contributed by atoms with van der Waals surface area (Å²) in [5.41, 5.74) is 0. The van der Waals surface area contributed by atoms with Crippen molar-refractivity contribution in [3.8, 4) is 0 Å². The molecule has 15 heavy (non-hydrogen) atoms. The van der Waals surface area contributed by atoms with Crippen LogP contribution < -0.4 is 5.32 Å². The van der Waals surface area contributed by atoms with Gasteiger partial charge in [-0.1, -0.05) is 33.6 Å². The summed E-state index contributed by atoms with van der Waals surface area (Å²) in [5, 5.41) is 3.82. The number of unbranched alkanes of at least 4 members (excludes halogenated alkanes) is 1. The number of hydrogen-bond donors (Lipinski definition) is 1. The topological polar surface area (TPSA) is 12.0 Å². The molecule has 1 nitrogen and oxygen atoms in total. The Morgan fingerprint density at radius 2 is 2.00 bits per heavy atom. The summed E-state index contributed by atoms with van der Waals surface area (Å²) >= 11 is 0. The zero-order valence-corrected chi connectivity index (χ0v) is 11.1. The Hall–Kier alpha value is -0.0400. The zero-order valence-electron chi connectivity index (χ0n) is 11.1. The highest BCUT2D eigenvalue weighted by molar-refractivity contribution is 4.82. The highest BCUT2D eigenvalue weighted by Gasteiger charge is 2.25. The van der Waals surface area contributed by atoms with Crippen molar-refractivity contribution >= 4 is 0 Å². The van der Waals surface area contributed by atoms with Crippen molar-refractivity contribution in [3.63, 3.8) is 0 Å². The molecule has 4 atom stereocenters. The first kappa shape index (κ1) is 13.0. The second kappa shape index (κ2) is 6.52. The average Bonchev–Trinajstić information content (AvgIpc) is 2.19. The highest BCUT2D eigenvalue weighted by Crippen LogP contribution is 2.29. The second-order valence-corrected chi connectivity index (χ2v) is 5.71. The van der Waals surface area contributed by atoms with Crippen molar-refractivity contribution < 1.29 is 0 Å². The molecule has 1 saturated carbocycles. The molecule has 0 saturated heterocycles. The Morgan fingerprint density at radius 1 is 1.27 bits per heavy atom. The molecule has 0 aromatic rings. The van der Waals surface area contributed by atoms with Gasteiger partial charge in [0.25, 0.3) is 0 Å². The van der Waals surface area contributed by atoms with Crippen LogP contribution in [0.25, 0.3) is 0 Å². The fraction of sp³-hybridized carbons (Fsp3) is 1.00. The Labute approximate surface area is 96.0 Å².